The zero-order valence-corrected chi connectivity index (χ0v) is 22.4. The van der Waals surface area contributed by atoms with Crippen LogP contribution < -0.4 is 4.74 Å². The highest BCUT2D eigenvalue weighted by atomic mass is 16.7. The van der Waals surface area contributed by atoms with Gasteiger partial charge in [-0.15, -0.1) is 10.2 Å². The summed E-state index contributed by atoms with van der Waals surface area (Å²) in [7, 11) is 1.61. The minimum atomic E-state index is -0.473. The van der Waals surface area contributed by atoms with Crippen LogP contribution in [0.1, 0.15) is 57.8 Å². The SMILES string of the molecule is COCOc1ccccc1-c1cc2c3c([nH]c2nn1)CCN(C1CCN(C(=O)OC(C)(C)C)CC1)[C@@H]3C. The molecule has 0 spiro atoms. The van der Waals surface area contributed by atoms with Crippen LogP contribution >= 0.6 is 0 Å². The van der Waals surface area contributed by atoms with E-state index in [9.17, 15) is 4.79 Å². The number of H-pyrrole nitrogens is 1. The van der Waals surface area contributed by atoms with E-state index in [0.717, 1.165) is 61.2 Å². The molecule has 4 heterocycles. The van der Waals surface area contributed by atoms with Crippen molar-refractivity contribution in [3.05, 3.63) is 41.6 Å². The number of hydrogen-bond donors (Lipinski definition) is 1. The second kappa shape index (κ2) is 10.3. The predicted octanol–water partition coefficient (Wildman–Crippen LogP) is 4.93. The normalized spacial score (nSPS) is 19.2. The molecule has 9 heteroatoms. The van der Waals surface area contributed by atoms with E-state index in [0.29, 0.717) is 11.8 Å². The fourth-order valence-electron chi connectivity index (χ4n) is 5.60. The van der Waals surface area contributed by atoms with Crippen LogP contribution in [0.5, 0.6) is 5.75 Å². The zero-order chi connectivity index (χ0) is 26.2. The molecule has 1 atom stereocenters. The first-order valence-corrected chi connectivity index (χ1v) is 13.1. The number of ether oxygens (including phenoxy) is 3. The van der Waals surface area contributed by atoms with Gasteiger partial charge in [0.15, 0.2) is 12.4 Å². The molecule has 1 saturated heterocycles. The van der Waals surface area contributed by atoms with Crippen molar-refractivity contribution in [2.24, 2.45) is 0 Å². The maximum Gasteiger partial charge on any atom is 0.410 e. The van der Waals surface area contributed by atoms with E-state index >= 15 is 0 Å². The highest BCUT2D eigenvalue weighted by molar-refractivity contribution is 5.86. The van der Waals surface area contributed by atoms with Gasteiger partial charge in [-0.3, -0.25) is 4.90 Å². The first-order valence-electron chi connectivity index (χ1n) is 13.1. The lowest BCUT2D eigenvalue weighted by atomic mass is 9.92. The van der Waals surface area contributed by atoms with Gasteiger partial charge in [-0.25, -0.2) is 4.79 Å². The van der Waals surface area contributed by atoms with E-state index in [4.69, 9.17) is 14.2 Å². The van der Waals surface area contributed by atoms with Crippen molar-refractivity contribution in [3.63, 3.8) is 0 Å². The van der Waals surface area contributed by atoms with E-state index in [1.54, 1.807) is 7.11 Å². The molecule has 1 amide bonds. The van der Waals surface area contributed by atoms with Crippen molar-refractivity contribution in [1.29, 1.82) is 0 Å². The summed E-state index contributed by atoms with van der Waals surface area (Å²) in [6.45, 7) is 10.6. The van der Waals surface area contributed by atoms with Gasteiger partial charge in [-0.1, -0.05) is 12.1 Å². The highest BCUT2D eigenvalue weighted by Gasteiger charge is 2.35. The lowest BCUT2D eigenvalue weighted by Crippen LogP contribution is -2.50. The highest BCUT2D eigenvalue weighted by Crippen LogP contribution is 2.39. The Kier molecular flexibility index (Phi) is 7.09. The summed E-state index contributed by atoms with van der Waals surface area (Å²) in [4.78, 5) is 20.5. The molecule has 5 rings (SSSR count). The van der Waals surface area contributed by atoms with Crippen molar-refractivity contribution in [3.8, 4) is 17.0 Å². The van der Waals surface area contributed by atoms with Gasteiger partial charge in [-0.2, -0.15) is 0 Å². The van der Waals surface area contributed by atoms with Crippen molar-refractivity contribution in [2.45, 2.75) is 64.6 Å². The van der Waals surface area contributed by atoms with Gasteiger partial charge in [0, 0.05) is 61.9 Å². The molecule has 1 fully saturated rings. The third-order valence-electron chi connectivity index (χ3n) is 7.29. The molecule has 0 saturated carbocycles. The molecule has 9 nitrogen and oxygen atoms in total. The lowest BCUT2D eigenvalue weighted by molar-refractivity contribution is 0.0107. The van der Waals surface area contributed by atoms with Crippen LogP contribution in [0.2, 0.25) is 0 Å². The third-order valence-corrected chi connectivity index (χ3v) is 7.29. The van der Waals surface area contributed by atoms with E-state index in [1.165, 1.54) is 11.3 Å². The molecule has 37 heavy (non-hydrogen) atoms. The molecule has 0 aliphatic carbocycles. The maximum absolute atomic E-state index is 12.5. The van der Waals surface area contributed by atoms with Crippen LogP contribution in [0.25, 0.3) is 22.3 Å². The fraction of sp³-hybridized carbons (Fsp3) is 0.536. The monoisotopic (exact) mass is 507 g/mol. The van der Waals surface area contributed by atoms with E-state index < -0.39 is 5.60 Å². The summed E-state index contributed by atoms with van der Waals surface area (Å²) in [5.41, 5.74) is 4.54. The second-order valence-electron chi connectivity index (χ2n) is 10.9. The number of carbonyl (C=O) groups excluding carboxylic acids is 1. The molecule has 2 aliphatic heterocycles. The van der Waals surface area contributed by atoms with Crippen LogP contribution in [0.15, 0.2) is 30.3 Å². The Morgan fingerprint density at radius 2 is 1.89 bits per heavy atom. The Bertz CT molecular complexity index is 1260. The summed E-state index contributed by atoms with van der Waals surface area (Å²) in [5, 5.41) is 10.2. The number of para-hydroxylation sites is 1. The number of methoxy groups -OCH3 is 1. The van der Waals surface area contributed by atoms with E-state index in [-0.39, 0.29) is 18.9 Å². The van der Waals surface area contributed by atoms with Gasteiger partial charge in [-0.05, 0) is 64.3 Å². The minimum Gasteiger partial charge on any atom is -0.467 e. The largest absolute Gasteiger partial charge is 0.467 e. The smallest absolute Gasteiger partial charge is 0.410 e. The number of aromatic nitrogens is 3. The summed E-state index contributed by atoms with van der Waals surface area (Å²) in [5.74, 6) is 0.717. The molecule has 0 unspecified atom stereocenters. The van der Waals surface area contributed by atoms with E-state index in [2.05, 4.69) is 33.1 Å². The van der Waals surface area contributed by atoms with Gasteiger partial charge < -0.3 is 24.1 Å². The first-order chi connectivity index (χ1) is 17.7. The quantitative estimate of drug-likeness (QED) is 0.490. The molecule has 3 aromatic rings. The standard InChI is InChI=1S/C28H37N5O4/c1-18-25-21-16-23(20-8-6-7-9-24(20)36-17-35-5)30-31-26(21)29-22(25)12-15-33(18)19-10-13-32(14-11-19)27(34)37-28(2,3)4/h6-9,16,18-19H,10-15,17H2,1-5H3,(H,29,31)/t18-/m1/s1. The predicted molar refractivity (Wildman–Crippen MR) is 141 cm³/mol. The molecule has 2 aliphatic rings. The third kappa shape index (κ3) is 5.29. The summed E-state index contributed by atoms with van der Waals surface area (Å²) >= 11 is 0. The van der Waals surface area contributed by atoms with Crippen molar-refractivity contribution >= 4 is 17.1 Å². The summed E-state index contributed by atoms with van der Waals surface area (Å²) < 4.78 is 16.5. The number of amides is 1. The molecule has 1 N–H and O–H groups in total. The molecular weight excluding hydrogens is 470 g/mol. The number of likely N-dealkylation sites (tertiary alicyclic amines) is 1. The van der Waals surface area contributed by atoms with Gasteiger partial charge in [0.2, 0.25) is 0 Å². The maximum atomic E-state index is 12.5. The number of nitrogens with zero attached hydrogens (tertiary/aromatic N) is 4. The Labute approximate surface area is 218 Å². The Morgan fingerprint density at radius 3 is 2.62 bits per heavy atom. The number of aromatic amines is 1. The number of hydrogen-bond acceptors (Lipinski definition) is 7. The zero-order valence-electron chi connectivity index (χ0n) is 22.4. The number of fused-ring (bicyclic) bond motifs is 3. The van der Waals surface area contributed by atoms with Crippen molar-refractivity contribution in [1.82, 2.24) is 25.0 Å². The van der Waals surface area contributed by atoms with Crippen molar-refractivity contribution < 1.29 is 19.0 Å². The van der Waals surface area contributed by atoms with Crippen LogP contribution in [0.4, 0.5) is 4.79 Å². The lowest BCUT2D eigenvalue weighted by Gasteiger charge is -2.43. The molecule has 0 radical (unpaired) electrons. The Balaban J connectivity index is 1.36. The van der Waals surface area contributed by atoms with Gasteiger partial charge >= 0.3 is 6.09 Å². The van der Waals surface area contributed by atoms with Gasteiger partial charge in [0.05, 0.1) is 5.69 Å². The Morgan fingerprint density at radius 1 is 1.14 bits per heavy atom. The average Bonchev–Trinajstić information content (AvgIpc) is 3.25. The summed E-state index contributed by atoms with van der Waals surface area (Å²) in [6.07, 6.45) is 2.61. The van der Waals surface area contributed by atoms with Gasteiger partial charge in [0.25, 0.3) is 0 Å². The average molecular weight is 508 g/mol. The molecular formula is C28H37N5O4. The van der Waals surface area contributed by atoms with Crippen LogP contribution in [-0.4, -0.2) is 76.3 Å². The number of carbonyl (C=O) groups is 1. The van der Waals surface area contributed by atoms with Gasteiger partial charge in [0.1, 0.15) is 11.4 Å². The van der Waals surface area contributed by atoms with Crippen LogP contribution in [0, 0.1) is 0 Å². The number of rotatable bonds is 5. The molecule has 0 bridgehead atoms. The van der Waals surface area contributed by atoms with Crippen LogP contribution in [0.3, 0.4) is 0 Å². The Hall–Kier alpha value is -3.17. The fourth-order valence-corrected chi connectivity index (χ4v) is 5.60. The molecule has 198 valence electrons. The first kappa shape index (κ1) is 25.5. The minimum absolute atomic E-state index is 0.172. The van der Waals surface area contributed by atoms with E-state index in [1.807, 2.05) is 49.9 Å². The van der Waals surface area contributed by atoms with Crippen molar-refractivity contribution in [2.75, 3.05) is 33.5 Å². The molecule has 1 aromatic carbocycles. The topological polar surface area (TPSA) is 92.8 Å². The number of benzene rings is 1. The second-order valence-corrected chi connectivity index (χ2v) is 10.9. The summed E-state index contributed by atoms with van der Waals surface area (Å²) in [6, 6.07) is 10.6. The number of nitrogens with one attached hydrogen (secondary N) is 1. The van der Waals surface area contributed by atoms with Crippen LogP contribution in [-0.2, 0) is 15.9 Å². The number of piperidine rings is 1. The molecule has 2 aromatic heterocycles.